The zero-order valence-electron chi connectivity index (χ0n) is 18.1. The third kappa shape index (κ3) is 4.04. The number of H-pyrrole nitrogens is 1. The van der Waals surface area contributed by atoms with Crippen molar-refractivity contribution >= 4 is 22.6 Å². The van der Waals surface area contributed by atoms with Crippen LogP contribution in [0.15, 0.2) is 24.5 Å². The quantitative estimate of drug-likeness (QED) is 0.595. The standard InChI is InChI=1S/C23H29N5O3/c1-3-14-10-18-19(11-20(14)30-4-2)27-21(26-18)17-6-5-9-31-23(17)28-13-16(12-24-28)25-22(29)15-7-8-15/h10-13,15,17,23H,3-9H2,1-2H3,(H,25,29)(H,26,27). The summed E-state index contributed by atoms with van der Waals surface area (Å²) in [5.74, 6) is 2.08. The molecule has 1 aromatic carbocycles. The number of nitrogens with zero attached hydrogens (tertiary/aromatic N) is 3. The molecule has 2 fully saturated rings. The summed E-state index contributed by atoms with van der Waals surface area (Å²) in [7, 11) is 0. The lowest BCUT2D eigenvalue weighted by Crippen LogP contribution is -2.27. The second-order valence-electron chi connectivity index (χ2n) is 8.37. The molecular weight excluding hydrogens is 394 g/mol. The zero-order valence-corrected chi connectivity index (χ0v) is 18.1. The molecule has 31 heavy (non-hydrogen) atoms. The van der Waals surface area contributed by atoms with Gasteiger partial charge in [0.25, 0.3) is 0 Å². The molecule has 0 spiro atoms. The highest BCUT2D eigenvalue weighted by Gasteiger charge is 2.33. The molecule has 2 aromatic heterocycles. The van der Waals surface area contributed by atoms with E-state index in [1.165, 1.54) is 5.56 Å². The second kappa shape index (κ2) is 8.34. The maximum absolute atomic E-state index is 12.1. The van der Waals surface area contributed by atoms with Crippen molar-refractivity contribution in [2.45, 2.75) is 58.1 Å². The molecule has 1 saturated carbocycles. The van der Waals surface area contributed by atoms with Crippen LogP contribution in [0.3, 0.4) is 0 Å². The number of aromatic amines is 1. The summed E-state index contributed by atoms with van der Waals surface area (Å²) < 4.78 is 13.7. The topological polar surface area (TPSA) is 94.1 Å². The van der Waals surface area contributed by atoms with Gasteiger partial charge < -0.3 is 19.8 Å². The van der Waals surface area contributed by atoms with Crippen LogP contribution in [0.25, 0.3) is 11.0 Å². The average molecular weight is 424 g/mol. The zero-order chi connectivity index (χ0) is 21.4. The molecule has 0 radical (unpaired) electrons. The third-order valence-electron chi connectivity index (χ3n) is 6.08. The highest BCUT2D eigenvalue weighted by Crippen LogP contribution is 2.38. The van der Waals surface area contributed by atoms with Crippen LogP contribution >= 0.6 is 0 Å². The number of aryl methyl sites for hydroxylation is 1. The fourth-order valence-corrected chi connectivity index (χ4v) is 4.27. The van der Waals surface area contributed by atoms with Crippen LogP contribution in [0.2, 0.25) is 0 Å². The smallest absolute Gasteiger partial charge is 0.227 e. The predicted octanol–water partition coefficient (Wildman–Crippen LogP) is 4.16. The predicted molar refractivity (Wildman–Crippen MR) is 117 cm³/mol. The molecular formula is C23H29N5O3. The van der Waals surface area contributed by atoms with E-state index in [4.69, 9.17) is 14.5 Å². The van der Waals surface area contributed by atoms with Crippen LogP contribution in [-0.2, 0) is 16.0 Å². The van der Waals surface area contributed by atoms with Crippen molar-refractivity contribution in [1.29, 1.82) is 0 Å². The minimum atomic E-state index is -0.266. The maximum atomic E-state index is 12.1. The van der Waals surface area contributed by atoms with E-state index in [0.717, 1.165) is 54.7 Å². The highest BCUT2D eigenvalue weighted by molar-refractivity contribution is 5.93. The fraction of sp³-hybridized carbons (Fsp3) is 0.522. The summed E-state index contributed by atoms with van der Waals surface area (Å²) in [6, 6.07) is 4.16. The van der Waals surface area contributed by atoms with Crippen molar-refractivity contribution in [3.63, 3.8) is 0 Å². The lowest BCUT2D eigenvalue weighted by molar-refractivity contribution is -0.117. The van der Waals surface area contributed by atoms with Crippen molar-refractivity contribution in [3.8, 4) is 5.75 Å². The highest BCUT2D eigenvalue weighted by atomic mass is 16.5. The van der Waals surface area contributed by atoms with E-state index in [0.29, 0.717) is 18.9 Å². The normalized spacial score (nSPS) is 21.4. The Labute approximate surface area is 181 Å². The molecule has 3 aromatic rings. The largest absolute Gasteiger partial charge is 0.494 e. The lowest BCUT2D eigenvalue weighted by atomic mass is 9.98. The Bertz CT molecular complexity index is 1080. The molecule has 0 bridgehead atoms. The van der Waals surface area contributed by atoms with Crippen molar-refractivity contribution in [3.05, 3.63) is 35.9 Å². The molecule has 2 aliphatic rings. The lowest BCUT2D eigenvalue weighted by Gasteiger charge is -2.30. The number of nitrogens with one attached hydrogen (secondary N) is 2. The van der Waals surface area contributed by atoms with Crippen LogP contribution in [0, 0.1) is 5.92 Å². The summed E-state index contributed by atoms with van der Waals surface area (Å²) in [5.41, 5.74) is 3.79. The van der Waals surface area contributed by atoms with Gasteiger partial charge in [0.1, 0.15) is 11.6 Å². The van der Waals surface area contributed by atoms with Gasteiger partial charge in [0.05, 0.1) is 41.6 Å². The van der Waals surface area contributed by atoms with Gasteiger partial charge in [0.15, 0.2) is 6.23 Å². The van der Waals surface area contributed by atoms with Gasteiger partial charge in [-0.1, -0.05) is 6.92 Å². The molecule has 2 unspecified atom stereocenters. The number of ether oxygens (including phenoxy) is 2. The first-order chi connectivity index (χ1) is 15.2. The van der Waals surface area contributed by atoms with E-state index in [2.05, 4.69) is 28.4 Å². The van der Waals surface area contributed by atoms with E-state index in [9.17, 15) is 4.79 Å². The summed E-state index contributed by atoms with van der Waals surface area (Å²) in [6.07, 6.45) is 8.05. The number of aromatic nitrogens is 4. The van der Waals surface area contributed by atoms with Gasteiger partial charge >= 0.3 is 0 Å². The van der Waals surface area contributed by atoms with Crippen LogP contribution in [0.1, 0.15) is 63.1 Å². The van der Waals surface area contributed by atoms with Crippen molar-refractivity contribution in [2.24, 2.45) is 5.92 Å². The SMILES string of the molecule is CCOc1cc2nc(C3CCCOC3n3cc(NC(=O)C4CC4)cn3)[nH]c2cc1CC. The van der Waals surface area contributed by atoms with E-state index in [-0.39, 0.29) is 24.0 Å². The molecule has 2 N–H and O–H groups in total. The van der Waals surface area contributed by atoms with Gasteiger partial charge in [-0.2, -0.15) is 5.10 Å². The van der Waals surface area contributed by atoms with Crippen molar-refractivity contribution in [2.75, 3.05) is 18.5 Å². The molecule has 1 aliphatic carbocycles. The molecule has 5 rings (SSSR count). The van der Waals surface area contributed by atoms with Crippen LogP contribution in [0.4, 0.5) is 5.69 Å². The number of hydrogen-bond acceptors (Lipinski definition) is 5. The number of rotatable bonds is 7. The monoisotopic (exact) mass is 423 g/mol. The van der Waals surface area contributed by atoms with E-state index < -0.39 is 0 Å². The number of anilines is 1. The second-order valence-corrected chi connectivity index (χ2v) is 8.37. The molecule has 1 aliphatic heterocycles. The van der Waals surface area contributed by atoms with E-state index >= 15 is 0 Å². The number of carbonyl (C=O) groups excluding carboxylic acids is 1. The summed E-state index contributed by atoms with van der Waals surface area (Å²) in [4.78, 5) is 20.5. The first-order valence-electron chi connectivity index (χ1n) is 11.3. The molecule has 164 valence electrons. The molecule has 2 atom stereocenters. The Morgan fingerprint density at radius 3 is 2.97 bits per heavy atom. The summed E-state index contributed by atoms with van der Waals surface area (Å²) in [5, 5.41) is 7.44. The minimum Gasteiger partial charge on any atom is -0.494 e. The third-order valence-corrected chi connectivity index (χ3v) is 6.08. The van der Waals surface area contributed by atoms with Crippen molar-refractivity contribution in [1.82, 2.24) is 19.7 Å². The number of benzene rings is 1. The van der Waals surface area contributed by atoms with Crippen molar-refractivity contribution < 1.29 is 14.3 Å². The Balaban J connectivity index is 1.42. The average Bonchev–Trinajstić information content (AvgIpc) is 3.41. The van der Waals surface area contributed by atoms with E-state index in [1.54, 1.807) is 6.20 Å². The molecule has 8 nitrogen and oxygen atoms in total. The Kier molecular flexibility index (Phi) is 5.40. The number of imidazole rings is 1. The van der Waals surface area contributed by atoms with E-state index in [1.807, 2.05) is 23.9 Å². The van der Waals surface area contributed by atoms with Crippen LogP contribution in [0.5, 0.6) is 5.75 Å². The van der Waals surface area contributed by atoms with Gasteiger partial charge in [0, 0.05) is 18.6 Å². The summed E-state index contributed by atoms with van der Waals surface area (Å²) >= 11 is 0. The Morgan fingerprint density at radius 1 is 1.32 bits per heavy atom. The van der Waals surface area contributed by atoms with Crippen LogP contribution in [-0.4, -0.2) is 38.9 Å². The number of carbonyl (C=O) groups is 1. The molecule has 3 heterocycles. The van der Waals surface area contributed by atoms with Gasteiger partial charge in [-0.25, -0.2) is 9.67 Å². The Morgan fingerprint density at radius 2 is 2.19 bits per heavy atom. The minimum absolute atomic E-state index is 0.0497. The Hall–Kier alpha value is -2.87. The first-order valence-corrected chi connectivity index (χ1v) is 11.3. The van der Waals surface area contributed by atoms with Crippen LogP contribution < -0.4 is 10.1 Å². The van der Waals surface area contributed by atoms with Gasteiger partial charge in [-0.15, -0.1) is 0 Å². The number of hydrogen-bond donors (Lipinski definition) is 2. The van der Waals surface area contributed by atoms with Gasteiger partial charge in [-0.05, 0) is 50.7 Å². The number of fused-ring (bicyclic) bond motifs is 1. The van der Waals surface area contributed by atoms with Gasteiger partial charge in [0.2, 0.25) is 5.91 Å². The summed E-state index contributed by atoms with van der Waals surface area (Å²) in [6.45, 7) is 5.44. The molecule has 1 amide bonds. The number of amides is 1. The molecule has 1 saturated heterocycles. The van der Waals surface area contributed by atoms with Gasteiger partial charge in [-0.3, -0.25) is 4.79 Å². The maximum Gasteiger partial charge on any atom is 0.227 e. The fourth-order valence-electron chi connectivity index (χ4n) is 4.27. The molecule has 8 heteroatoms. The first kappa shape index (κ1) is 20.1.